The summed E-state index contributed by atoms with van der Waals surface area (Å²) in [4.78, 5) is 31.1. The van der Waals surface area contributed by atoms with E-state index < -0.39 is 29.3 Å². The van der Waals surface area contributed by atoms with E-state index in [0.717, 1.165) is 0 Å². The van der Waals surface area contributed by atoms with Crippen molar-refractivity contribution in [3.8, 4) is 0 Å². The molecule has 0 bridgehead atoms. The average molecular weight is 449 g/mol. The van der Waals surface area contributed by atoms with Crippen LogP contribution in [0.15, 0.2) is 16.9 Å². The molecular weight excluding hydrogens is 418 g/mol. The van der Waals surface area contributed by atoms with Crippen LogP contribution >= 0.6 is 0 Å². The Morgan fingerprint density at radius 3 is 2.62 bits per heavy atom. The summed E-state index contributed by atoms with van der Waals surface area (Å²) in [6.45, 7) is 8.67. The predicted molar refractivity (Wildman–Crippen MR) is 114 cm³/mol. The molecule has 4 unspecified atom stereocenters. The molecule has 3 aliphatic rings. The van der Waals surface area contributed by atoms with Crippen molar-refractivity contribution in [3.05, 3.63) is 28.3 Å². The molecule has 1 aliphatic heterocycles. The number of carbonyl (C=O) groups is 1. The van der Waals surface area contributed by atoms with Crippen LogP contribution in [0.2, 0.25) is 0 Å². The number of aliphatic hydroxyl groups is 1. The number of carbonyl (C=O) groups excluding carboxylic acids is 1. The number of hydrogen-bond acceptors (Lipinski definition) is 4. The molecular formula is C23H30F2N4O3. The normalized spacial score (nSPS) is 31.6. The lowest BCUT2D eigenvalue weighted by Gasteiger charge is -2.21. The van der Waals surface area contributed by atoms with Gasteiger partial charge in [-0.15, -0.1) is 0 Å². The smallest absolute Gasteiger partial charge is 0.330 e. The molecule has 2 saturated carbocycles. The number of aromatic nitrogens is 3. The van der Waals surface area contributed by atoms with Crippen molar-refractivity contribution in [1.29, 1.82) is 0 Å². The van der Waals surface area contributed by atoms with Crippen LogP contribution in [-0.2, 0) is 23.8 Å². The third-order valence-corrected chi connectivity index (χ3v) is 7.68. The zero-order valence-electron chi connectivity index (χ0n) is 19.1. The van der Waals surface area contributed by atoms with Crippen LogP contribution in [-0.4, -0.2) is 55.1 Å². The molecule has 0 spiro atoms. The summed E-state index contributed by atoms with van der Waals surface area (Å²) in [6, 6.07) is 3.41. The van der Waals surface area contributed by atoms with E-state index in [4.69, 9.17) is 0 Å². The first-order valence-corrected chi connectivity index (χ1v) is 11.2. The van der Waals surface area contributed by atoms with Gasteiger partial charge < -0.3 is 10.0 Å². The third-order valence-electron chi connectivity index (χ3n) is 7.68. The number of likely N-dealkylation sites (tertiary alicyclic amines) is 1. The maximum atomic E-state index is 15.2. The molecule has 0 radical (unpaired) electrons. The molecule has 32 heavy (non-hydrogen) atoms. The number of aliphatic hydroxyl groups excluding tert-OH is 1. The summed E-state index contributed by atoms with van der Waals surface area (Å²) in [5.74, 6) is -4.51. The van der Waals surface area contributed by atoms with E-state index in [2.05, 4.69) is 4.98 Å². The van der Waals surface area contributed by atoms with Crippen molar-refractivity contribution < 1.29 is 18.7 Å². The second kappa shape index (κ2) is 6.40. The average Bonchev–Trinajstić information content (AvgIpc) is 3.07. The standard InChI is InChI=1S/C23H30F2N4O3/c1-12(30)19(31)28-9-13-8-22(17(14(13)10-28)23(22,24)25)16-7-6-15-18(26-16)27(5)20(32)29(15)11-21(2,3)4/h6-7,12-14,17,30H,8-11H2,1-5H3/t12-,13?,14?,17?,22?/m0/s1. The number of fused-ring (bicyclic) bond motifs is 4. The van der Waals surface area contributed by atoms with Gasteiger partial charge in [0, 0.05) is 32.6 Å². The number of hydrogen-bond donors (Lipinski definition) is 1. The zero-order chi connectivity index (χ0) is 23.4. The van der Waals surface area contributed by atoms with Crippen LogP contribution in [0.25, 0.3) is 11.2 Å². The van der Waals surface area contributed by atoms with Crippen molar-refractivity contribution in [1.82, 2.24) is 19.0 Å². The van der Waals surface area contributed by atoms with Crippen LogP contribution in [0, 0.1) is 23.2 Å². The molecule has 2 aliphatic carbocycles. The molecule has 1 saturated heterocycles. The van der Waals surface area contributed by atoms with E-state index in [1.54, 1.807) is 23.7 Å². The van der Waals surface area contributed by atoms with Crippen molar-refractivity contribution in [3.63, 3.8) is 0 Å². The number of amides is 1. The van der Waals surface area contributed by atoms with Crippen LogP contribution < -0.4 is 5.69 Å². The molecule has 1 amide bonds. The van der Waals surface area contributed by atoms with Gasteiger partial charge in [0.25, 0.3) is 11.8 Å². The molecule has 2 aromatic rings. The van der Waals surface area contributed by atoms with Gasteiger partial charge in [-0.05, 0) is 42.7 Å². The maximum absolute atomic E-state index is 15.2. The summed E-state index contributed by atoms with van der Waals surface area (Å²) >= 11 is 0. The summed E-state index contributed by atoms with van der Waals surface area (Å²) in [7, 11) is 1.63. The fraction of sp³-hybridized carbons (Fsp3) is 0.696. The molecule has 5 rings (SSSR count). The van der Waals surface area contributed by atoms with E-state index in [-0.39, 0.29) is 35.9 Å². The van der Waals surface area contributed by atoms with E-state index in [9.17, 15) is 14.7 Å². The Morgan fingerprint density at radius 2 is 2.00 bits per heavy atom. The highest BCUT2D eigenvalue weighted by molar-refractivity contribution is 5.80. The van der Waals surface area contributed by atoms with E-state index in [1.807, 2.05) is 20.8 Å². The van der Waals surface area contributed by atoms with Gasteiger partial charge in [-0.3, -0.25) is 13.9 Å². The predicted octanol–water partition coefficient (Wildman–Crippen LogP) is 2.14. The highest BCUT2D eigenvalue weighted by Gasteiger charge is 2.88. The third kappa shape index (κ3) is 2.69. The molecule has 3 fully saturated rings. The molecule has 2 aromatic heterocycles. The number of imidazole rings is 1. The Balaban J connectivity index is 1.51. The topological polar surface area (TPSA) is 80.4 Å². The van der Waals surface area contributed by atoms with Crippen LogP contribution in [0.5, 0.6) is 0 Å². The molecule has 3 heterocycles. The Bertz CT molecular complexity index is 1180. The molecule has 5 atom stereocenters. The number of nitrogens with zero attached hydrogens (tertiary/aromatic N) is 4. The number of aryl methyl sites for hydroxylation is 1. The zero-order valence-corrected chi connectivity index (χ0v) is 19.1. The minimum absolute atomic E-state index is 0.0332. The van der Waals surface area contributed by atoms with Gasteiger partial charge in [-0.2, -0.15) is 0 Å². The molecule has 174 valence electrons. The van der Waals surface area contributed by atoms with Crippen molar-refractivity contribution in [2.75, 3.05) is 13.1 Å². The Morgan fingerprint density at radius 1 is 1.31 bits per heavy atom. The van der Waals surface area contributed by atoms with Crippen LogP contribution in [0.1, 0.15) is 39.8 Å². The fourth-order valence-corrected chi connectivity index (χ4v) is 6.31. The lowest BCUT2D eigenvalue weighted by Crippen LogP contribution is -2.37. The van der Waals surface area contributed by atoms with Crippen molar-refractivity contribution in [2.45, 2.75) is 58.1 Å². The number of alkyl halides is 2. The quantitative estimate of drug-likeness (QED) is 0.780. The van der Waals surface area contributed by atoms with E-state index in [1.165, 1.54) is 16.4 Å². The van der Waals surface area contributed by atoms with Gasteiger partial charge in [0.1, 0.15) is 6.10 Å². The van der Waals surface area contributed by atoms with Crippen LogP contribution in [0.4, 0.5) is 8.78 Å². The van der Waals surface area contributed by atoms with Gasteiger partial charge in [-0.25, -0.2) is 18.6 Å². The largest absolute Gasteiger partial charge is 0.384 e. The second-order valence-electron chi connectivity index (χ2n) is 11.1. The minimum atomic E-state index is -2.90. The second-order valence-corrected chi connectivity index (χ2v) is 11.1. The minimum Gasteiger partial charge on any atom is -0.384 e. The first-order valence-electron chi connectivity index (χ1n) is 11.2. The van der Waals surface area contributed by atoms with Gasteiger partial charge in [0.05, 0.1) is 16.6 Å². The fourth-order valence-electron chi connectivity index (χ4n) is 6.31. The summed E-state index contributed by atoms with van der Waals surface area (Å²) in [5, 5.41) is 9.59. The summed E-state index contributed by atoms with van der Waals surface area (Å²) < 4.78 is 33.6. The van der Waals surface area contributed by atoms with Gasteiger partial charge in [0.2, 0.25) is 0 Å². The summed E-state index contributed by atoms with van der Waals surface area (Å²) in [5.41, 5.74) is -0.241. The lowest BCUT2D eigenvalue weighted by atomic mass is 9.91. The highest BCUT2D eigenvalue weighted by Crippen LogP contribution is 2.78. The molecule has 7 nitrogen and oxygen atoms in total. The first kappa shape index (κ1) is 21.6. The molecule has 9 heteroatoms. The SMILES string of the molecule is C[C@H](O)C(=O)N1CC2CC3(c4ccc5c(n4)n(C)c(=O)n5CC(C)(C)C)C(C2C1)C3(F)F. The Kier molecular flexibility index (Phi) is 4.31. The van der Waals surface area contributed by atoms with Gasteiger partial charge in [-0.1, -0.05) is 20.8 Å². The van der Waals surface area contributed by atoms with Gasteiger partial charge >= 0.3 is 5.69 Å². The monoisotopic (exact) mass is 448 g/mol. The lowest BCUT2D eigenvalue weighted by molar-refractivity contribution is -0.138. The molecule has 0 aromatic carbocycles. The number of halogens is 2. The summed E-state index contributed by atoms with van der Waals surface area (Å²) in [6.07, 6.45) is -0.866. The Labute approximate surface area is 185 Å². The van der Waals surface area contributed by atoms with Crippen LogP contribution in [0.3, 0.4) is 0 Å². The highest BCUT2D eigenvalue weighted by atomic mass is 19.3. The van der Waals surface area contributed by atoms with Crippen molar-refractivity contribution in [2.24, 2.45) is 30.2 Å². The van der Waals surface area contributed by atoms with Crippen molar-refractivity contribution >= 4 is 17.1 Å². The molecule has 1 N–H and O–H groups in total. The number of pyridine rings is 1. The van der Waals surface area contributed by atoms with E-state index >= 15 is 8.78 Å². The number of rotatable bonds is 3. The maximum Gasteiger partial charge on any atom is 0.330 e. The van der Waals surface area contributed by atoms with E-state index in [0.29, 0.717) is 29.9 Å². The first-order chi connectivity index (χ1) is 14.8. The Hall–Kier alpha value is -2.29. The van der Waals surface area contributed by atoms with Gasteiger partial charge in [0.15, 0.2) is 5.65 Å².